The van der Waals surface area contributed by atoms with Gasteiger partial charge in [0.15, 0.2) is 11.6 Å². The average Bonchev–Trinajstić information content (AvgIpc) is 2.80. The number of hydrogen-bond donors (Lipinski definition) is 2. The van der Waals surface area contributed by atoms with Gasteiger partial charge in [0.05, 0.1) is 13.1 Å². The summed E-state index contributed by atoms with van der Waals surface area (Å²) in [7, 11) is 0. The Morgan fingerprint density at radius 2 is 1.41 bits per heavy atom. The van der Waals surface area contributed by atoms with Crippen LogP contribution in [0.3, 0.4) is 0 Å². The normalized spacial score (nSPS) is 9.53. The Morgan fingerprint density at radius 3 is 1.82 bits per heavy atom. The Labute approximate surface area is 97.0 Å². The van der Waals surface area contributed by atoms with Crippen molar-refractivity contribution in [2.75, 3.05) is 23.7 Å². The molecule has 17 heavy (non-hydrogen) atoms. The average molecular weight is 228 g/mol. The van der Waals surface area contributed by atoms with Crippen molar-refractivity contribution in [2.24, 2.45) is 0 Å². The molecule has 0 aliphatic carbocycles. The number of anilines is 2. The van der Waals surface area contributed by atoms with Crippen molar-refractivity contribution in [1.82, 2.24) is 20.3 Å². The van der Waals surface area contributed by atoms with Gasteiger partial charge in [-0.15, -0.1) is 12.8 Å². The first-order chi connectivity index (χ1) is 8.35. The van der Waals surface area contributed by atoms with E-state index in [-0.39, 0.29) is 0 Å². The summed E-state index contributed by atoms with van der Waals surface area (Å²) in [4.78, 5) is 8.32. The minimum absolute atomic E-state index is 0.302. The van der Waals surface area contributed by atoms with Gasteiger partial charge in [-0.1, -0.05) is 11.8 Å². The highest BCUT2D eigenvalue weighted by atomic mass is 16.6. The smallest absolute Gasteiger partial charge is 0.245 e. The van der Waals surface area contributed by atoms with E-state index < -0.39 is 0 Å². The third kappa shape index (κ3) is 2.24. The van der Waals surface area contributed by atoms with Gasteiger partial charge in [-0.3, -0.25) is 0 Å². The van der Waals surface area contributed by atoms with E-state index in [2.05, 4.69) is 47.4 Å². The summed E-state index contributed by atoms with van der Waals surface area (Å²) in [5.74, 6) is 5.79. The molecule has 0 spiro atoms. The lowest BCUT2D eigenvalue weighted by molar-refractivity contribution is 0.314. The van der Waals surface area contributed by atoms with Crippen LogP contribution in [0.2, 0.25) is 0 Å². The first-order valence-corrected chi connectivity index (χ1v) is 4.70. The maximum Gasteiger partial charge on any atom is 0.245 e. The van der Waals surface area contributed by atoms with Crippen LogP contribution in [0, 0.1) is 24.7 Å². The Bertz CT molecular complexity index is 553. The number of nitrogens with one attached hydrogen (secondary N) is 2. The summed E-state index contributed by atoms with van der Waals surface area (Å²) < 4.78 is 4.52. The van der Waals surface area contributed by atoms with Crippen molar-refractivity contribution in [3.8, 4) is 24.7 Å². The van der Waals surface area contributed by atoms with Crippen LogP contribution in [0.15, 0.2) is 4.63 Å². The summed E-state index contributed by atoms with van der Waals surface area (Å²) in [6, 6.07) is 0. The number of fused-ring (bicyclic) bond motifs is 1. The molecule has 0 radical (unpaired) electrons. The molecule has 7 nitrogen and oxygen atoms in total. The molecule has 0 saturated heterocycles. The number of hydrogen-bond acceptors (Lipinski definition) is 7. The van der Waals surface area contributed by atoms with Crippen molar-refractivity contribution in [1.29, 1.82) is 0 Å². The molecule has 0 aliphatic heterocycles. The minimum Gasteiger partial charge on any atom is -0.356 e. The summed E-state index contributed by atoms with van der Waals surface area (Å²) in [6.45, 7) is 0.631. The van der Waals surface area contributed by atoms with E-state index in [1.54, 1.807) is 0 Å². The first-order valence-electron chi connectivity index (χ1n) is 4.70. The van der Waals surface area contributed by atoms with Gasteiger partial charge in [0.2, 0.25) is 11.3 Å². The van der Waals surface area contributed by atoms with Gasteiger partial charge in [-0.25, -0.2) is 14.6 Å². The van der Waals surface area contributed by atoms with Crippen LogP contribution >= 0.6 is 0 Å². The third-order valence-corrected chi connectivity index (χ3v) is 1.83. The minimum atomic E-state index is 0.302. The first kappa shape index (κ1) is 10.7. The van der Waals surface area contributed by atoms with Crippen molar-refractivity contribution < 1.29 is 4.63 Å². The van der Waals surface area contributed by atoms with Gasteiger partial charge in [0.25, 0.3) is 0 Å². The lowest BCUT2D eigenvalue weighted by atomic mass is 10.5. The van der Waals surface area contributed by atoms with Crippen molar-refractivity contribution >= 4 is 22.9 Å². The molecule has 0 saturated carbocycles. The summed E-state index contributed by atoms with van der Waals surface area (Å²) in [5, 5.41) is 13.0. The highest BCUT2D eigenvalue weighted by Crippen LogP contribution is 2.18. The maximum absolute atomic E-state index is 5.16. The van der Waals surface area contributed by atoms with Crippen molar-refractivity contribution in [3.63, 3.8) is 0 Å². The van der Waals surface area contributed by atoms with E-state index in [0.29, 0.717) is 36.0 Å². The molecule has 0 bridgehead atoms. The topological polar surface area (TPSA) is 88.8 Å². The molecule has 84 valence electrons. The van der Waals surface area contributed by atoms with Crippen LogP contribution in [0.1, 0.15) is 0 Å². The molecule has 0 amide bonds. The summed E-state index contributed by atoms with van der Waals surface area (Å²) in [5.41, 5.74) is 0.603. The Balaban J connectivity index is 2.37. The second-order valence-corrected chi connectivity index (χ2v) is 2.95. The molecule has 2 rings (SSSR count). The fourth-order valence-corrected chi connectivity index (χ4v) is 1.15. The molecule has 2 heterocycles. The molecule has 7 heteroatoms. The molecular weight excluding hydrogens is 220 g/mol. The zero-order valence-electron chi connectivity index (χ0n) is 8.77. The summed E-state index contributed by atoms with van der Waals surface area (Å²) >= 11 is 0. The van der Waals surface area contributed by atoms with E-state index in [1.165, 1.54) is 0 Å². The van der Waals surface area contributed by atoms with Crippen LogP contribution < -0.4 is 10.6 Å². The standard InChI is InChI=1S/C10H8N6O/c1-3-5-11-7-8(12-6-4-2)14-10-9(13-7)15-17-16-10/h1-2H,5-6H2,(H,11,13,15)(H,12,14,16). The summed E-state index contributed by atoms with van der Waals surface area (Å²) in [6.07, 6.45) is 10.3. The van der Waals surface area contributed by atoms with Gasteiger partial charge in [-0.2, -0.15) is 0 Å². The predicted molar refractivity (Wildman–Crippen MR) is 62.0 cm³/mol. The second-order valence-electron chi connectivity index (χ2n) is 2.95. The SMILES string of the molecule is C#CCNc1nc2nonc2nc1NCC#C. The second kappa shape index (κ2) is 4.81. The van der Waals surface area contributed by atoms with Crippen LogP contribution in [0.5, 0.6) is 0 Å². The van der Waals surface area contributed by atoms with E-state index in [1.807, 2.05) is 0 Å². The number of terminal acetylenes is 2. The predicted octanol–water partition coefficient (Wildman–Crippen LogP) is 0.103. The fourth-order valence-electron chi connectivity index (χ4n) is 1.15. The quantitative estimate of drug-likeness (QED) is 0.717. The molecule has 0 atom stereocenters. The highest BCUT2D eigenvalue weighted by molar-refractivity contribution is 5.73. The number of nitrogens with zero attached hydrogens (tertiary/aromatic N) is 4. The van der Waals surface area contributed by atoms with Crippen LogP contribution in [-0.4, -0.2) is 33.4 Å². The highest BCUT2D eigenvalue weighted by Gasteiger charge is 2.11. The zero-order valence-corrected chi connectivity index (χ0v) is 8.77. The van der Waals surface area contributed by atoms with E-state index in [9.17, 15) is 0 Å². The van der Waals surface area contributed by atoms with Crippen molar-refractivity contribution in [3.05, 3.63) is 0 Å². The largest absolute Gasteiger partial charge is 0.356 e. The van der Waals surface area contributed by atoms with Crippen LogP contribution in [0.4, 0.5) is 11.6 Å². The third-order valence-electron chi connectivity index (χ3n) is 1.83. The molecule has 2 N–H and O–H groups in total. The van der Waals surface area contributed by atoms with Crippen LogP contribution in [0.25, 0.3) is 11.3 Å². The Morgan fingerprint density at radius 1 is 0.941 bits per heavy atom. The monoisotopic (exact) mass is 228 g/mol. The molecule has 0 aromatic carbocycles. The zero-order chi connectivity index (χ0) is 12.1. The van der Waals surface area contributed by atoms with Gasteiger partial charge >= 0.3 is 0 Å². The molecule has 2 aromatic rings. The molecule has 0 unspecified atom stereocenters. The molecule has 0 aliphatic rings. The van der Waals surface area contributed by atoms with Gasteiger partial charge in [-0.05, 0) is 10.3 Å². The van der Waals surface area contributed by atoms with Crippen molar-refractivity contribution in [2.45, 2.75) is 0 Å². The number of rotatable bonds is 4. The van der Waals surface area contributed by atoms with E-state index >= 15 is 0 Å². The van der Waals surface area contributed by atoms with Gasteiger partial charge in [0, 0.05) is 0 Å². The fraction of sp³-hybridized carbons (Fsp3) is 0.200. The van der Waals surface area contributed by atoms with Gasteiger partial charge in [0.1, 0.15) is 0 Å². The molecular formula is C10H8N6O. The molecule has 2 aromatic heterocycles. The maximum atomic E-state index is 5.16. The number of aromatic nitrogens is 4. The Hall–Kier alpha value is -2.80. The van der Waals surface area contributed by atoms with E-state index in [0.717, 1.165) is 0 Å². The van der Waals surface area contributed by atoms with E-state index in [4.69, 9.17) is 12.8 Å². The Kier molecular flexibility index (Phi) is 3.03. The molecule has 0 fully saturated rings. The lowest BCUT2D eigenvalue weighted by Crippen LogP contribution is -2.09. The van der Waals surface area contributed by atoms with Gasteiger partial charge < -0.3 is 10.6 Å². The lowest BCUT2D eigenvalue weighted by Gasteiger charge is -2.07. The van der Waals surface area contributed by atoms with Crippen LogP contribution in [-0.2, 0) is 0 Å².